The second-order valence-corrected chi connectivity index (χ2v) is 10.0. The molecule has 1 aliphatic rings. The molecule has 3 rings (SSSR count). The van der Waals surface area contributed by atoms with Crippen molar-refractivity contribution >= 4 is 17.3 Å². The number of fused-ring (bicyclic) bond motifs is 1. The zero-order valence-corrected chi connectivity index (χ0v) is 19.6. The average Bonchev–Trinajstić information content (AvgIpc) is 2.96. The lowest BCUT2D eigenvalue weighted by Crippen LogP contribution is -2.27. The van der Waals surface area contributed by atoms with Gasteiger partial charge in [0, 0.05) is 34.0 Å². The van der Waals surface area contributed by atoms with Crippen LogP contribution in [0.1, 0.15) is 76.9 Å². The number of anilines is 2. The van der Waals surface area contributed by atoms with E-state index in [1.54, 1.807) is 0 Å². The predicted molar refractivity (Wildman–Crippen MR) is 123 cm³/mol. The van der Waals surface area contributed by atoms with E-state index >= 15 is 0 Å². The third-order valence-corrected chi connectivity index (χ3v) is 5.64. The number of nitrogens with zero attached hydrogens (tertiary/aromatic N) is 1. The van der Waals surface area contributed by atoms with Crippen LogP contribution >= 0.6 is 0 Å². The Kier molecular flexibility index (Phi) is 5.90. The first-order chi connectivity index (χ1) is 14.0. The lowest BCUT2D eigenvalue weighted by atomic mass is 9.80. The van der Waals surface area contributed by atoms with E-state index in [1.807, 2.05) is 31.2 Å². The summed E-state index contributed by atoms with van der Waals surface area (Å²) in [6.45, 7) is 18.4. The first kappa shape index (κ1) is 22.2. The molecule has 1 heterocycles. The van der Waals surface area contributed by atoms with E-state index in [0.717, 1.165) is 17.1 Å². The smallest absolute Gasteiger partial charge is 0.338 e. The standard InChI is InChI=1S/C26H35NO3/c1-9-29-24(28)18-10-12-19(13-11-18)27(17(2)3)20-14-21(25(4,5)6)23-22(15-20)26(7,8)16-30-23/h10-15,17H,9,16H2,1-8H3. The van der Waals surface area contributed by atoms with Crippen molar-refractivity contribution in [2.45, 2.75) is 72.3 Å². The Bertz CT molecular complexity index is 921. The van der Waals surface area contributed by atoms with E-state index in [0.29, 0.717) is 18.8 Å². The Morgan fingerprint density at radius 1 is 1.13 bits per heavy atom. The van der Waals surface area contributed by atoms with Crippen molar-refractivity contribution in [3.8, 4) is 5.75 Å². The molecule has 2 aromatic carbocycles. The van der Waals surface area contributed by atoms with Gasteiger partial charge in [0.25, 0.3) is 0 Å². The minimum Gasteiger partial charge on any atom is -0.492 e. The van der Waals surface area contributed by atoms with E-state index in [4.69, 9.17) is 9.47 Å². The molecule has 0 saturated heterocycles. The molecule has 0 fully saturated rings. The van der Waals surface area contributed by atoms with Crippen LogP contribution in [0.5, 0.6) is 5.75 Å². The van der Waals surface area contributed by atoms with Crippen molar-refractivity contribution in [3.63, 3.8) is 0 Å². The molecule has 0 spiro atoms. The molecule has 0 saturated carbocycles. The van der Waals surface area contributed by atoms with Crippen LogP contribution in [0.25, 0.3) is 0 Å². The molecule has 30 heavy (non-hydrogen) atoms. The summed E-state index contributed by atoms with van der Waals surface area (Å²) in [4.78, 5) is 14.4. The van der Waals surface area contributed by atoms with Gasteiger partial charge in [0.2, 0.25) is 0 Å². The van der Waals surface area contributed by atoms with E-state index in [9.17, 15) is 4.79 Å². The molecule has 0 aromatic heterocycles. The van der Waals surface area contributed by atoms with E-state index < -0.39 is 0 Å². The van der Waals surface area contributed by atoms with E-state index in [2.05, 4.69) is 65.5 Å². The Morgan fingerprint density at radius 3 is 2.30 bits per heavy atom. The van der Waals surface area contributed by atoms with Crippen LogP contribution in [-0.4, -0.2) is 25.2 Å². The van der Waals surface area contributed by atoms with Crippen LogP contribution in [0.15, 0.2) is 36.4 Å². The van der Waals surface area contributed by atoms with Crippen molar-refractivity contribution in [1.29, 1.82) is 0 Å². The van der Waals surface area contributed by atoms with Crippen molar-refractivity contribution in [2.75, 3.05) is 18.1 Å². The number of ether oxygens (including phenoxy) is 2. The minimum atomic E-state index is -0.286. The summed E-state index contributed by atoms with van der Waals surface area (Å²) in [6, 6.07) is 12.5. The van der Waals surface area contributed by atoms with Crippen LogP contribution in [0, 0.1) is 0 Å². The quantitative estimate of drug-likeness (QED) is 0.537. The van der Waals surface area contributed by atoms with Gasteiger partial charge in [-0.2, -0.15) is 0 Å². The van der Waals surface area contributed by atoms with Crippen molar-refractivity contribution in [2.24, 2.45) is 0 Å². The maximum absolute atomic E-state index is 12.0. The van der Waals surface area contributed by atoms with Gasteiger partial charge in [-0.15, -0.1) is 0 Å². The Labute approximate surface area is 181 Å². The number of carbonyl (C=O) groups excluding carboxylic acids is 1. The molecule has 4 heteroatoms. The molecular formula is C26H35NO3. The van der Waals surface area contributed by atoms with Crippen LogP contribution < -0.4 is 9.64 Å². The zero-order chi connectivity index (χ0) is 22.3. The molecule has 0 amide bonds. The molecule has 0 aliphatic carbocycles. The van der Waals surface area contributed by atoms with Crippen molar-refractivity contribution < 1.29 is 14.3 Å². The second-order valence-electron chi connectivity index (χ2n) is 10.0. The van der Waals surface area contributed by atoms with Gasteiger partial charge >= 0.3 is 5.97 Å². The lowest BCUT2D eigenvalue weighted by Gasteiger charge is -2.32. The van der Waals surface area contributed by atoms with Crippen LogP contribution in [-0.2, 0) is 15.6 Å². The molecule has 0 N–H and O–H groups in total. The molecular weight excluding hydrogens is 374 g/mol. The summed E-state index contributed by atoms with van der Waals surface area (Å²) in [5.41, 5.74) is 5.21. The van der Waals surface area contributed by atoms with Crippen molar-refractivity contribution in [3.05, 3.63) is 53.1 Å². The molecule has 4 nitrogen and oxygen atoms in total. The van der Waals surface area contributed by atoms with Gasteiger partial charge in [-0.3, -0.25) is 0 Å². The monoisotopic (exact) mass is 409 g/mol. The SMILES string of the molecule is CCOC(=O)c1ccc(N(c2cc(C(C)(C)C)c3c(c2)C(C)(C)CO3)C(C)C)cc1. The summed E-state index contributed by atoms with van der Waals surface area (Å²) in [7, 11) is 0. The summed E-state index contributed by atoms with van der Waals surface area (Å²) in [6.07, 6.45) is 0. The maximum Gasteiger partial charge on any atom is 0.338 e. The molecule has 1 aliphatic heterocycles. The summed E-state index contributed by atoms with van der Waals surface area (Å²) in [5, 5.41) is 0. The summed E-state index contributed by atoms with van der Waals surface area (Å²) in [5.74, 6) is 0.754. The van der Waals surface area contributed by atoms with E-state index in [1.165, 1.54) is 11.1 Å². The third-order valence-electron chi connectivity index (χ3n) is 5.64. The van der Waals surface area contributed by atoms with E-state index in [-0.39, 0.29) is 22.8 Å². The Hall–Kier alpha value is -2.49. The van der Waals surface area contributed by atoms with Gasteiger partial charge in [0.05, 0.1) is 18.8 Å². The van der Waals surface area contributed by atoms with Gasteiger partial charge < -0.3 is 14.4 Å². The highest BCUT2D eigenvalue weighted by molar-refractivity contribution is 5.90. The van der Waals surface area contributed by atoms with Gasteiger partial charge in [-0.1, -0.05) is 34.6 Å². The third kappa shape index (κ3) is 4.19. The van der Waals surface area contributed by atoms with Gasteiger partial charge in [-0.05, 0) is 62.6 Å². The van der Waals surface area contributed by atoms with Gasteiger partial charge in [0.15, 0.2) is 0 Å². The molecule has 0 unspecified atom stereocenters. The Morgan fingerprint density at radius 2 is 1.77 bits per heavy atom. The van der Waals surface area contributed by atoms with Crippen LogP contribution in [0.2, 0.25) is 0 Å². The van der Waals surface area contributed by atoms with Crippen molar-refractivity contribution in [1.82, 2.24) is 0 Å². The number of carbonyl (C=O) groups is 1. The predicted octanol–water partition coefficient (Wildman–Crippen LogP) is 6.38. The average molecular weight is 410 g/mol. The summed E-state index contributed by atoms with van der Waals surface area (Å²) >= 11 is 0. The number of hydrogen-bond acceptors (Lipinski definition) is 4. The fourth-order valence-corrected chi connectivity index (χ4v) is 4.02. The minimum absolute atomic E-state index is 0.0260. The number of benzene rings is 2. The second kappa shape index (κ2) is 7.98. The van der Waals surface area contributed by atoms with Crippen LogP contribution in [0.4, 0.5) is 11.4 Å². The summed E-state index contributed by atoms with van der Waals surface area (Å²) < 4.78 is 11.3. The Balaban J connectivity index is 2.10. The highest BCUT2D eigenvalue weighted by atomic mass is 16.5. The molecule has 162 valence electrons. The fourth-order valence-electron chi connectivity index (χ4n) is 4.02. The molecule has 0 radical (unpaired) electrons. The molecule has 2 aromatic rings. The molecule has 0 atom stereocenters. The van der Waals surface area contributed by atoms with Gasteiger partial charge in [-0.25, -0.2) is 4.79 Å². The largest absolute Gasteiger partial charge is 0.492 e. The topological polar surface area (TPSA) is 38.8 Å². The number of hydrogen-bond donors (Lipinski definition) is 0. The maximum atomic E-state index is 12.0. The van der Waals surface area contributed by atoms with Crippen LogP contribution in [0.3, 0.4) is 0 Å². The van der Waals surface area contributed by atoms with Gasteiger partial charge in [0.1, 0.15) is 5.75 Å². The lowest BCUT2D eigenvalue weighted by molar-refractivity contribution is 0.0526. The number of rotatable bonds is 5. The highest BCUT2D eigenvalue weighted by Crippen LogP contribution is 2.47. The number of esters is 1. The first-order valence-electron chi connectivity index (χ1n) is 10.8. The normalized spacial score (nSPS) is 15.0. The first-order valence-corrected chi connectivity index (χ1v) is 10.8. The fraction of sp³-hybridized carbons (Fsp3) is 0.500. The highest BCUT2D eigenvalue weighted by Gasteiger charge is 2.37. The molecule has 0 bridgehead atoms. The zero-order valence-electron chi connectivity index (χ0n) is 19.6.